The first-order chi connectivity index (χ1) is 10.8. The Morgan fingerprint density at radius 1 is 0.864 bits per heavy atom. The summed E-state index contributed by atoms with van der Waals surface area (Å²) in [7, 11) is 3.24. The number of benzene rings is 2. The van der Waals surface area contributed by atoms with Gasteiger partial charge in [-0.25, -0.2) is 0 Å². The lowest BCUT2D eigenvalue weighted by Gasteiger charge is -2.23. The Balaban J connectivity index is 2.18. The topological polar surface area (TPSA) is 55.3 Å². The molecule has 4 nitrogen and oxygen atoms in total. The second-order valence-corrected chi connectivity index (χ2v) is 5.16. The predicted octanol–water partition coefficient (Wildman–Crippen LogP) is 1.64. The number of nitrogens with two attached hydrogens (primary N) is 1. The number of aliphatic hydroxyl groups excluding tert-OH is 1. The lowest BCUT2D eigenvalue weighted by molar-refractivity contribution is -0.715. The molecule has 118 valence electrons. The smallest absolute Gasteiger partial charge is 0.206 e. The minimum absolute atomic E-state index is 0.114. The van der Waals surface area contributed by atoms with Crippen molar-refractivity contribution < 1.29 is 19.9 Å². The molecule has 4 heteroatoms. The molecule has 0 spiro atoms. The molecule has 2 atom stereocenters. The predicted molar refractivity (Wildman–Crippen MR) is 85.2 cm³/mol. The highest BCUT2D eigenvalue weighted by Crippen LogP contribution is 2.25. The van der Waals surface area contributed by atoms with Gasteiger partial charge in [-0.1, -0.05) is 60.7 Å². The second-order valence-electron chi connectivity index (χ2n) is 5.16. The fraction of sp³-hybridized carbons (Fsp3) is 0.333. The van der Waals surface area contributed by atoms with Gasteiger partial charge in [-0.3, -0.25) is 0 Å². The summed E-state index contributed by atoms with van der Waals surface area (Å²) in [5, 5.41) is 12.8. The van der Waals surface area contributed by atoms with Crippen LogP contribution in [-0.2, 0) is 9.47 Å². The number of ether oxygens (including phenoxy) is 2. The molecule has 0 fully saturated rings. The third-order valence-electron chi connectivity index (χ3n) is 3.77. The van der Waals surface area contributed by atoms with Gasteiger partial charge in [0, 0.05) is 19.8 Å². The first-order valence-corrected chi connectivity index (χ1v) is 7.43. The number of rotatable bonds is 8. The number of aliphatic hydroxyl groups is 1. The van der Waals surface area contributed by atoms with Crippen molar-refractivity contribution in [3.63, 3.8) is 0 Å². The normalized spacial score (nSPS) is 14.0. The first-order valence-electron chi connectivity index (χ1n) is 7.43. The Morgan fingerprint density at radius 2 is 1.36 bits per heavy atom. The van der Waals surface area contributed by atoms with Gasteiger partial charge >= 0.3 is 0 Å². The van der Waals surface area contributed by atoms with Gasteiger partial charge < -0.3 is 19.9 Å². The molecule has 0 heterocycles. The van der Waals surface area contributed by atoms with Crippen molar-refractivity contribution >= 4 is 0 Å². The van der Waals surface area contributed by atoms with E-state index >= 15 is 0 Å². The molecule has 0 aliphatic heterocycles. The average Bonchev–Trinajstić information content (AvgIpc) is 2.60. The Bertz CT molecular complexity index is 529. The van der Waals surface area contributed by atoms with Gasteiger partial charge in [0.05, 0.1) is 0 Å². The largest absolute Gasteiger partial charge is 0.382 e. The second kappa shape index (κ2) is 8.66. The fourth-order valence-electron chi connectivity index (χ4n) is 2.53. The SMILES string of the molecule is COC(C[NH2+][C@H](c1ccccc1)[C@@H](O)c1ccccc1)OC. The summed E-state index contributed by atoms with van der Waals surface area (Å²) in [6.07, 6.45) is -0.896. The van der Waals surface area contributed by atoms with Crippen LogP contribution in [-0.4, -0.2) is 32.2 Å². The number of hydrogen-bond acceptors (Lipinski definition) is 3. The van der Waals surface area contributed by atoms with Gasteiger partial charge in [-0.05, 0) is 5.56 Å². The number of hydrogen-bond donors (Lipinski definition) is 2. The van der Waals surface area contributed by atoms with Crippen molar-refractivity contribution in [1.82, 2.24) is 0 Å². The maximum Gasteiger partial charge on any atom is 0.206 e. The number of methoxy groups -OCH3 is 2. The Labute approximate surface area is 131 Å². The van der Waals surface area contributed by atoms with E-state index in [9.17, 15) is 5.11 Å². The average molecular weight is 302 g/mol. The van der Waals surface area contributed by atoms with Crippen LogP contribution in [0, 0.1) is 0 Å². The Morgan fingerprint density at radius 3 is 1.86 bits per heavy atom. The van der Waals surface area contributed by atoms with E-state index in [1.165, 1.54) is 0 Å². The van der Waals surface area contributed by atoms with Crippen LogP contribution in [0.15, 0.2) is 60.7 Å². The lowest BCUT2D eigenvalue weighted by Crippen LogP contribution is -2.88. The van der Waals surface area contributed by atoms with E-state index < -0.39 is 6.10 Å². The molecule has 0 aliphatic carbocycles. The molecule has 3 N–H and O–H groups in total. The fourth-order valence-corrected chi connectivity index (χ4v) is 2.53. The van der Waals surface area contributed by atoms with E-state index in [0.717, 1.165) is 11.1 Å². The summed E-state index contributed by atoms with van der Waals surface area (Å²) in [6.45, 7) is 0.608. The van der Waals surface area contributed by atoms with Crippen LogP contribution in [0.3, 0.4) is 0 Å². The molecule has 0 aliphatic rings. The third kappa shape index (κ3) is 4.39. The Hall–Kier alpha value is -1.72. The highest BCUT2D eigenvalue weighted by molar-refractivity contribution is 5.24. The van der Waals surface area contributed by atoms with Crippen LogP contribution < -0.4 is 5.32 Å². The molecule has 0 aromatic heterocycles. The van der Waals surface area contributed by atoms with Crippen LogP contribution in [0.4, 0.5) is 0 Å². The monoisotopic (exact) mass is 302 g/mol. The van der Waals surface area contributed by atoms with Crippen molar-refractivity contribution in [2.75, 3.05) is 20.8 Å². The highest BCUT2D eigenvalue weighted by Gasteiger charge is 2.26. The zero-order chi connectivity index (χ0) is 15.8. The molecular formula is C18H24NO3+. The molecule has 22 heavy (non-hydrogen) atoms. The minimum atomic E-state index is -0.599. The van der Waals surface area contributed by atoms with E-state index in [1.807, 2.05) is 60.7 Å². The van der Waals surface area contributed by atoms with E-state index in [2.05, 4.69) is 5.32 Å². The summed E-state index contributed by atoms with van der Waals surface area (Å²) in [5.41, 5.74) is 1.98. The molecule has 0 bridgehead atoms. The van der Waals surface area contributed by atoms with Gasteiger partial charge in [0.2, 0.25) is 6.29 Å². The number of quaternary nitrogens is 1. The quantitative estimate of drug-likeness (QED) is 0.729. The van der Waals surface area contributed by atoms with E-state index in [1.54, 1.807) is 14.2 Å². The van der Waals surface area contributed by atoms with Crippen molar-refractivity contribution in [1.29, 1.82) is 0 Å². The maximum absolute atomic E-state index is 10.8. The van der Waals surface area contributed by atoms with E-state index in [4.69, 9.17) is 9.47 Å². The summed E-state index contributed by atoms with van der Waals surface area (Å²) < 4.78 is 10.5. The molecule has 2 aromatic rings. The lowest BCUT2D eigenvalue weighted by atomic mass is 9.96. The first kappa shape index (κ1) is 16.6. The molecule has 0 unspecified atom stereocenters. The van der Waals surface area contributed by atoms with Crippen LogP contribution in [0.2, 0.25) is 0 Å². The molecule has 0 saturated carbocycles. The standard InChI is InChI=1S/C18H23NO3/c1-21-16(22-2)13-19-17(14-9-5-3-6-10-14)18(20)15-11-7-4-8-12-15/h3-12,16-20H,13H2,1-2H3/p+1/t17-,18+/m1/s1. The van der Waals surface area contributed by atoms with Crippen molar-refractivity contribution in [2.45, 2.75) is 18.4 Å². The van der Waals surface area contributed by atoms with Gasteiger partial charge in [0.15, 0.2) is 0 Å². The van der Waals surface area contributed by atoms with E-state index in [-0.39, 0.29) is 12.3 Å². The molecule has 0 radical (unpaired) electrons. The van der Waals surface area contributed by atoms with Gasteiger partial charge in [0.25, 0.3) is 0 Å². The zero-order valence-corrected chi connectivity index (χ0v) is 13.1. The van der Waals surface area contributed by atoms with Gasteiger partial charge in [-0.2, -0.15) is 0 Å². The van der Waals surface area contributed by atoms with Crippen LogP contribution in [0.1, 0.15) is 23.3 Å². The van der Waals surface area contributed by atoms with Crippen LogP contribution in [0.25, 0.3) is 0 Å². The van der Waals surface area contributed by atoms with E-state index in [0.29, 0.717) is 6.54 Å². The summed E-state index contributed by atoms with van der Waals surface area (Å²) in [5.74, 6) is 0. The van der Waals surface area contributed by atoms with Crippen molar-refractivity contribution in [2.24, 2.45) is 0 Å². The summed E-state index contributed by atoms with van der Waals surface area (Å²) in [6, 6.07) is 19.6. The molecule has 2 aromatic carbocycles. The molecule has 0 amide bonds. The zero-order valence-electron chi connectivity index (χ0n) is 13.1. The minimum Gasteiger partial charge on any atom is -0.382 e. The molecular weight excluding hydrogens is 278 g/mol. The third-order valence-corrected chi connectivity index (χ3v) is 3.77. The maximum atomic E-state index is 10.8. The highest BCUT2D eigenvalue weighted by atomic mass is 16.7. The summed E-state index contributed by atoms with van der Waals surface area (Å²) >= 11 is 0. The van der Waals surface area contributed by atoms with Crippen molar-refractivity contribution in [3.8, 4) is 0 Å². The van der Waals surface area contributed by atoms with Gasteiger partial charge in [0.1, 0.15) is 18.7 Å². The molecule has 2 rings (SSSR count). The summed E-state index contributed by atoms with van der Waals surface area (Å²) in [4.78, 5) is 0. The Kier molecular flexibility index (Phi) is 6.55. The van der Waals surface area contributed by atoms with Crippen LogP contribution in [0.5, 0.6) is 0 Å². The van der Waals surface area contributed by atoms with Crippen LogP contribution >= 0.6 is 0 Å². The van der Waals surface area contributed by atoms with Gasteiger partial charge in [-0.15, -0.1) is 0 Å². The molecule has 0 saturated heterocycles. The van der Waals surface area contributed by atoms with Crippen molar-refractivity contribution in [3.05, 3.63) is 71.8 Å².